The van der Waals surface area contributed by atoms with Gasteiger partial charge >= 0.3 is 0 Å². The van der Waals surface area contributed by atoms with Gasteiger partial charge in [0, 0.05) is 21.1 Å². The third-order valence-electron chi connectivity index (χ3n) is 9.99. The standard InChI is InChI=1S/C38H74O6Si3/c1-30(2)47(31(3)4,32(5)6)43-22-21-35(28-41-27-34-19-17-16-18-20-34)25-36(39)26-37(42-29-40-23-24-45(11,12)13)33(7)44-46(14,15)38(8,9)10/h16-21,30-33,36-37,39H,22-29H2,1-15H3/b35-21+/t33-,36+,37-/m1/s1. The Morgan fingerprint density at radius 3 is 1.94 bits per heavy atom. The molecule has 0 aliphatic rings. The molecule has 0 radical (unpaired) electrons. The zero-order valence-corrected chi connectivity index (χ0v) is 36.1. The van der Waals surface area contributed by atoms with Gasteiger partial charge in [-0.2, -0.15) is 0 Å². The van der Waals surface area contributed by atoms with Crippen LogP contribution in [0.3, 0.4) is 0 Å². The van der Waals surface area contributed by atoms with Crippen LogP contribution >= 0.6 is 0 Å². The molecule has 1 aromatic rings. The van der Waals surface area contributed by atoms with Gasteiger partial charge in [-0.3, -0.25) is 0 Å². The Hall–Kier alpha value is -0.629. The SMILES string of the molecule is CC(C)[Si](OC/C=C(/COCc1ccccc1)C[C@H](O)C[C@@H](OCOCC[Si](C)(C)C)[C@@H](C)O[Si](C)(C)C(C)(C)C)(C(C)C)C(C)C. The summed E-state index contributed by atoms with van der Waals surface area (Å²) in [7, 11) is -5.27. The molecule has 0 amide bonds. The molecule has 1 rings (SSSR count). The van der Waals surface area contributed by atoms with E-state index in [4.69, 9.17) is 23.1 Å². The van der Waals surface area contributed by atoms with Crippen LogP contribution in [0.1, 0.15) is 87.6 Å². The zero-order chi connectivity index (χ0) is 36.1. The summed E-state index contributed by atoms with van der Waals surface area (Å²) >= 11 is 0. The molecule has 0 unspecified atom stereocenters. The van der Waals surface area contributed by atoms with Crippen molar-refractivity contribution in [1.29, 1.82) is 0 Å². The van der Waals surface area contributed by atoms with Gasteiger partial charge in [0.1, 0.15) is 6.79 Å². The Balaban J connectivity index is 3.14. The Bertz CT molecular complexity index is 993. The summed E-state index contributed by atoms with van der Waals surface area (Å²) in [5.41, 5.74) is 3.71. The lowest BCUT2D eigenvalue weighted by molar-refractivity contribution is -0.126. The summed E-state index contributed by atoms with van der Waals surface area (Å²) in [6.07, 6.45) is 2.01. The number of hydrogen-bond acceptors (Lipinski definition) is 6. The topological polar surface area (TPSA) is 66.4 Å². The molecule has 6 nitrogen and oxygen atoms in total. The highest BCUT2D eigenvalue weighted by Gasteiger charge is 2.45. The molecule has 0 aliphatic heterocycles. The second-order valence-corrected chi connectivity index (χ2v) is 33.0. The lowest BCUT2D eigenvalue weighted by Gasteiger charge is -2.42. The lowest BCUT2D eigenvalue weighted by atomic mass is 10.0. The molecule has 47 heavy (non-hydrogen) atoms. The minimum Gasteiger partial charge on any atom is -0.412 e. The molecule has 274 valence electrons. The maximum absolute atomic E-state index is 11.6. The molecular weight excluding hydrogens is 637 g/mol. The Morgan fingerprint density at radius 1 is 0.851 bits per heavy atom. The van der Waals surface area contributed by atoms with Crippen molar-refractivity contribution in [2.45, 2.75) is 167 Å². The molecule has 3 atom stereocenters. The highest BCUT2D eigenvalue weighted by molar-refractivity contribution is 6.77. The maximum atomic E-state index is 11.6. The second kappa shape index (κ2) is 20.3. The molecule has 0 heterocycles. The predicted molar refractivity (Wildman–Crippen MR) is 208 cm³/mol. The van der Waals surface area contributed by atoms with Gasteiger partial charge in [-0.15, -0.1) is 0 Å². The van der Waals surface area contributed by atoms with E-state index in [0.29, 0.717) is 55.9 Å². The van der Waals surface area contributed by atoms with Crippen molar-refractivity contribution in [2.24, 2.45) is 0 Å². The van der Waals surface area contributed by atoms with Crippen molar-refractivity contribution in [3.05, 3.63) is 47.5 Å². The molecule has 0 saturated heterocycles. The maximum Gasteiger partial charge on any atom is 0.200 e. The van der Waals surface area contributed by atoms with Crippen LogP contribution in [0.15, 0.2) is 42.0 Å². The fourth-order valence-corrected chi connectivity index (χ4v) is 13.8. The molecule has 1 aromatic carbocycles. The van der Waals surface area contributed by atoms with Crippen molar-refractivity contribution in [1.82, 2.24) is 0 Å². The third-order valence-corrected chi connectivity index (χ3v) is 22.3. The van der Waals surface area contributed by atoms with Gasteiger partial charge in [0.05, 0.1) is 38.1 Å². The van der Waals surface area contributed by atoms with E-state index < -0.39 is 30.8 Å². The minimum atomic E-state index is -2.05. The summed E-state index contributed by atoms with van der Waals surface area (Å²) in [6.45, 7) is 36.7. The van der Waals surface area contributed by atoms with E-state index in [1.54, 1.807) is 0 Å². The van der Waals surface area contributed by atoms with E-state index in [0.717, 1.165) is 17.2 Å². The normalized spacial score (nSPS) is 15.9. The summed E-state index contributed by atoms with van der Waals surface area (Å²) in [6, 6.07) is 11.3. The first kappa shape index (κ1) is 44.4. The fourth-order valence-electron chi connectivity index (χ4n) is 6.22. The first-order chi connectivity index (χ1) is 21.6. The highest BCUT2D eigenvalue weighted by atomic mass is 28.4. The lowest BCUT2D eigenvalue weighted by Crippen LogP contribution is -2.47. The van der Waals surface area contributed by atoms with E-state index in [2.05, 4.69) is 120 Å². The molecule has 0 saturated carbocycles. The Labute approximate surface area is 293 Å². The van der Waals surface area contributed by atoms with Gasteiger partial charge in [0.2, 0.25) is 8.32 Å². The van der Waals surface area contributed by atoms with E-state index in [-0.39, 0.29) is 24.0 Å². The van der Waals surface area contributed by atoms with E-state index in [9.17, 15) is 5.11 Å². The van der Waals surface area contributed by atoms with E-state index in [1.165, 1.54) is 0 Å². The largest absolute Gasteiger partial charge is 0.412 e. The van der Waals surface area contributed by atoms with E-state index in [1.807, 2.05) is 18.2 Å². The first-order valence-corrected chi connectivity index (χ1v) is 26.9. The van der Waals surface area contributed by atoms with Gasteiger partial charge in [-0.25, -0.2) is 0 Å². The zero-order valence-electron chi connectivity index (χ0n) is 33.1. The quantitative estimate of drug-likeness (QED) is 0.0528. The van der Waals surface area contributed by atoms with Crippen LogP contribution in [0.5, 0.6) is 0 Å². The summed E-state index contributed by atoms with van der Waals surface area (Å²) in [5.74, 6) is 0. The summed E-state index contributed by atoms with van der Waals surface area (Å²) in [4.78, 5) is 0. The average Bonchev–Trinajstić information content (AvgIpc) is 2.92. The minimum absolute atomic E-state index is 0.0742. The molecule has 0 bridgehead atoms. The number of ether oxygens (including phenoxy) is 3. The van der Waals surface area contributed by atoms with Crippen molar-refractivity contribution in [3.8, 4) is 0 Å². The molecule has 0 aromatic heterocycles. The van der Waals surface area contributed by atoms with Gasteiger partial charge < -0.3 is 28.2 Å². The molecular formula is C38H74O6Si3. The number of aliphatic hydroxyl groups is 1. The monoisotopic (exact) mass is 710 g/mol. The summed E-state index contributed by atoms with van der Waals surface area (Å²) < 4.78 is 32.1. The van der Waals surface area contributed by atoms with Crippen LogP contribution in [0.2, 0.25) is 60.4 Å². The molecule has 0 aliphatic carbocycles. The van der Waals surface area contributed by atoms with Gasteiger partial charge in [-0.1, -0.05) is 118 Å². The number of rotatable bonds is 23. The van der Waals surface area contributed by atoms with Crippen molar-refractivity contribution in [3.63, 3.8) is 0 Å². The van der Waals surface area contributed by atoms with Crippen LogP contribution in [-0.4, -0.2) is 74.7 Å². The van der Waals surface area contributed by atoms with Gasteiger partial charge in [-0.05, 0) is 65.3 Å². The van der Waals surface area contributed by atoms with Crippen LogP contribution in [-0.2, 0) is 29.7 Å². The highest BCUT2D eigenvalue weighted by Crippen LogP contribution is 2.42. The fraction of sp³-hybridized carbons (Fsp3) is 0.789. The van der Waals surface area contributed by atoms with Gasteiger partial charge in [0.25, 0.3) is 0 Å². The molecule has 9 heteroatoms. The molecule has 0 fully saturated rings. The van der Waals surface area contributed by atoms with E-state index >= 15 is 0 Å². The van der Waals surface area contributed by atoms with Crippen molar-refractivity contribution in [2.75, 3.05) is 26.6 Å². The van der Waals surface area contributed by atoms with Crippen molar-refractivity contribution < 1.29 is 28.2 Å². The molecule has 1 N–H and O–H groups in total. The third kappa shape index (κ3) is 15.9. The van der Waals surface area contributed by atoms with Gasteiger partial charge in [0.15, 0.2) is 8.32 Å². The Kier molecular flexibility index (Phi) is 19.2. The second-order valence-electron chi connectivity index (χ2n) is 17.2. The van der Waals surface area contributed by atoms with Crippen LogP contribution < -0.4 is 0 Å². The number of hydrogen-bond donors (Lipinski definition) is 1. The summed E-state index contributed by atoms with van der Waals surface area (Å²) in [5, 5.41) is 11.6. The average molecular weight is 711 g/mol. The molecule has 0 spiro atoms. The predicted octanol–water partition coefficient (Wildman–Crippen LogP) is 10.6. The smallest absolute Gasteiger partial charge is 0.200 e. The number of benzene rings is 1. The van der Waals surface area contributed by atoms with Crippen LogP contribution in [0.4, 0.5) is 0 Å². The van der Waals surface area contributed by atoms with Crippen LogP contribution in [0.25, 0.3) is 0 Å². The Morgan fingerprint density at radius 2 is 1.43 bits per heavy atom. The van der Waals surface area contributed by atoms with Crippen molar-refractivity contribution >= 4 is 24.7 Å². The first-order valence-electron chi connectivity index (χ1n) is 18.1. The number of aliphatic hydroxyl groups excluding tert-OH is 1. The van der Waals surface area contributed by atoms with Crippen LogP contribution in [0, 0.1) is 0 Å².